The van der Waals surface area contributed by atoms with Crippen molar-refractivity contribution in [1.82, 2.24) is 0 Å². The highest BCUT2D eigenvalue weighted by Gasteiger charge is 2.40. The second-order valence-corrected chi connectivity index (χ2v) is 15.9. The van der Waals surface area contributed by atoms with E-state index >= 15 is 0 Å². The average molecular weight is 491 g/mol. The van der Waals surface area contributed by atoms with Crippen LogP contribution in [-0.4, -0.2) is 43.3 Å². The number of aliphatic carboxylic acids is 1. The first-order valence-corrected chi connectivity index (χ1v) is 15.9. The predicted molar refractivity (Wildman–Crippen MR) is 141 cm³/mol. The van der Waals surface area contributed by atoms with Gasteiger partial charge >= 0.3 is 5.97 Å². The molecule has 3 atom stereocenters. The summed E-state index contributed by atoms with van der Waals surface area (Å²) in [6, 6.07) is 9.90. The van der Waals surface area contributed by atoms with Crippen LogP contribution in [0, 0.1) is 5.92 Å². The molecule has 1 aromatic rings. The summed E-state index contributed by atoms with van der Waals surface area (Å²) < 4.78 is 11.9. The van der Waals surface area contributed by atoms with Gasteiger partial charge in [0.1, 0.15) is 11.9 Å². The summed E-state index contributed by atoms with van der Waals surface area (Å²) in [6.45, 7) is 11.3. The second kappa shape index (κ2) is 13.5. The van der Waals surface area contributed by atoms with E-state index in [2.05, 4.69) is 39.9 Å². The van der Waals surface area contributed by atoms with Gasteiger partial charge in [-0.25, -0.2) is 4.79 Å². The lowest BCUT2D eigenvalue weighted by atomic mass is 9.90. The molecule has 5 nitrogen and oxygen atoms in total. The smallest absolute Gasteiger partial charge is 0.331 e. The molecule has 0 aliphatic heterocycles. The van der Waals surface area contributed by atoms with Crippen LogP contribution in [0.4, 0.5) is 0 Å². The minimum Gasteiger partial charge on any atom is -0.494 e. The minimum atomic E-state index is -2.11. The molecule has 0 spiro atoms. The van der Waals surface area contributed by atoms with Crippen LogP contribution in [-0.2, 0) is 9.22 Å². The van der Waals surface area contributed by atoms with E-state index in [0.29, 0.717) is 13.0 Å². The molecule has 0 amide bonds. The fraction of sp³-hybridized carbons (Fsp3) is 0.679. The summed E-state index contributed by atoms with van der Waals surface area (Å²) in [5.74, 6) is 0.307. The molecule has 192 valence electrons. The lowest BCUT2D eigenvalue weighted by molar-refractivity contribution is -0.146. The Hall–Kier alpha value is -1.63. The van der Waals surface area contributed by atoms with Gasteiger partial charge in [-0.05, 0) is 68.8 Å². The molecule has 0 heterocycles. The third-order valence-corrected chi connectivity index (χ3v) is 11.9. The molecule has 1 aliphatic carbocycles. The predicted octanol–water partition coefficient (Wildman–Crippen LogP) is 6.97. The number of ether oxygens (including phenoxy) is 1. The van der Waals surface area contributed by atoms with E-state index in [-0.39, 0.29) is 17.1 Å². The monoisotopic (exact) mass is 490 g/mol. The van der Waals surface area contributed by atoms with Crippen LogP contribution >= 0.6 is 0 Å². The van der Waals surface area contributed by atoms with Gasteiger partial charge in [-0.1, -0.05) is 69.9 Å². The number of benzene rings is 1. The lowest BCUT2D eigenvalue weighted by Crippen LogP contribution is -2.46. The molecule has 0 fully saturated rings. The van der Waals surface area contributed by atoms with Gasteiger partial charge < -0.3 is 19.4 Å². The van der Waals surface area contributed by atoms with Crippen molar-refractivity contribution in [2.24, 2.45) is 5.92 Å². The fourth-order valence-corrected chi connectivity index (χ4v) is 5.56. The number of hydrogen-bond acceptors (Lipinski definition) is 4. The Balaban J connectivity index is 1.67. The summed E-state index contributed by atoms with van der Waals surface area (Å²) in [6.07, 6.45) is 9.39. The number of carboxylic acids is 1. The molecule has 1 unspecified atom stereocenters. The van der Waals surface area contributed by atoms with Gasteiger partial charge in [-0.2, -0.15) is 0 Å². The highest BCUT2D eigenvalue weighted by Crippen LogP contribution is 2.38. The normalized spacial score (nSPS) is 19.6. The van der Waals surface area contributed by atoms with E-state index < -0.39 is 20.4 Å². The molecule has 1 aliphatic rings. The Morgan fingerprint density at radius 1 is 1.09 bits per heavy atom. The molecular weight excluding hydrogens is 444 g/mol. The molecule has 6 heteroatoms. The van der Waals surface area contributed by atoms with Gasteiger partial charge in [0, 0.05) is 5.92 Å². The first kappa shape index (κ1) is 28.6. The van der Waals surface area contributed by atoms with E-state index in [9.17, 15) is 15.0 Å². The number of rotatable bonds is 15. The Labute approximate surface area is 207 Å². The molecule has 0 saturated carbocycles. The SMILES string of the molecule is CC(C)(C)[Si](C)(C)OC(CCCCC[C@@H]1C(CCCCOc2ccccc2)=CC[C@@H]1O)C(=O)O. The number of carbonyl (C=O) groups is 1. The van der Waals surface area contributed by atoms with Crippen LogP contribution in [0.15, 0.2) is 42.0 Å². The zero-order valence-electron chi connectivity index (χ0n) is 21.9. The van der Waals surface area contributed by atoms with Gasteiger partial charge in [0.2, 0.25) is 0 Å². The Morgan fingerprint density at radius 3 is 2.44 bits per heavy atom. The summed E-state index contributed by atoms with van der Waals surface area (Å²) in [7, 11) is -2.11. The standard InChI is InChI=1S/C28H46O5Si/c1-28(2,3)34(4,5)33-26(27(30)31)18-11-7-10-17-24-22(19-20-25(24)29)14-12-13-21-32-23-15-8-6-9-16-23/h6,8-9,15-16,19,24-26,29H,7,10-14,17-18,20-21H2,1-5H3,(H,30,31)/t24-,25+,26?/m1/s1. The van der Waals surface area contributed by atoms with Gasteiger partial charge in [-0.15, -0.1) is 0 Å². The number of para-hydroxylation sites is 1. The number of aliphatic hydroxyl groups is 1. The molecule has 1 aromatic carbocycles. The molecular formula is C28H46O5Si. The Bertz CT molecular complexity index is 769. The van der Waals surface area contributed by atoms with Crippen LogP contribution in [0.3, 0.4) is 0 Å². The zero-order chi connectivity index (χ0) is 25.2. The highest BCUT2D eigenvalue weighted by atomic mass is 28.4. The topological polar surface area (TPSA) is 76.0 Å². The highest BCUT2D eigenvalue weighted by molar-refractivity contribution is 6.74. The van der Waals surface area contributed by atoms with E-state index in [1.165, 1.54) is 5.57 Å². The van der Waals surface area contributed by atoms with Crippen molar-refractivity contribution in [3.8, 4) is 5.75 Å². The summed E-state index contributed by atoms with van der Waals surface area (Å²) >= 11 is 0. The molecule has 0 radical (unpaired) electrons. The van der Waals surface area contributed by atoms with Crippen molar-refractivity contribution in [3.63, 3.8) is 0 Å². The summed E-state index contributed by atoms with van der Waals surface area (Å²) in [5.41, 5.74) is 1.39. The second-order valence-electron chi connectivity index (χ2n) is 11.2. The summed E-state index contributed by atoms with van der Waals surface area (Å²) in [5, 5.41) is 20.1. The first-order valence-electron chi connectivity index (χ1n) is 13.0. The quantitative estimate of drug-likeness (QED) is 0.158. The average Bonchev–Trinajstić information content (AvgIpc) is 3.11. The number of carboxylic acid groups (broad SMARTS) is 1. The van der Waals surface area contributed by atoms with Crippen molar-refractivity contribution in [2.45, 2.75) is 109 Å². The molecule has 0 aromatic heterocycles. The van der Waals surface area contributed by atoms with Crippen LogP contribution in [0.1, 0.15) is 78.6 Å². The third kappa shape index (κ3) is 9.20. The zero-order valence-corrected chi connectivity index (χ0v) is 22.9. The minimum absolute atomic E-state index is 0.00425. The molecule has 0 saturated heterocycles. The van der Waals surface area contributed by atoms with Crippen molar-refractivity contribution in [1.29, 1.82) is 0 Å². The van der Waals surface area contributed by atoms with Crippen LogP contribution in [0.5, 0.6) is 5.75 Å². The number of hydrogen-bond donors (Lipinski definition) is 2. The van der Waals surface area contributed by atoms with E-state index in [1.807, 2.05) is 30.3 Å². The van der Waals surface area contributed by atoms with Crippen molar-refractivity contribution in [3.05, 3.63) is 42.0 Å². The van der Waals surface area contributed by atoms with Crippen molar-refractivity contribution >= 4 is 14.3 Å². The fourth-order valence-electron chi connectivity index (χ4n) is 4.27. The molecule has 2 N–H and O–H groups in total. The molecule has 34 heavy (non-hydrogen) atoms. The van der Waals surface area contributed by atoms with Crippen molar-refractivity contribution in [2.75, 3.05) is 6.61 Å². The van der Waals surface area contributed by atoms with E-state index in [4.69, 9.17) is 9.16 Å². The van der Waals surface area contributed by atoms with E-state index in [1.54, 1.807) is 0 Å². The van der Waals surface area contributed by atoms with Crippen molar-refractivity contribution < 1.29 is 24.2 Å². The van der Waals surface area contributed by atoms with Gasteiger partial charge in [0.05, 0.1) is 12.7 Å². The van der Waals surface area contributed by atoms with Crippen LogP contribution < -0.4 is 4.74 Å². The number of aliphatic hydroxyl groups excluding tert-OH is 1. The Kier molecular flexibility index (Phi) is 11.3. The summed E-state index contributed by atoms with van der Waals surface area (Å²) in [4.78, 5) is 11.7. The van der Waals surface area contributed by atoms with E-state index in [0.717, 1.165) is 57.1 Å². The lowest BCUT2D eigenvalue weighted by Gasteiger charge is -2.38. The van der Waals surface area contributed by atoms with Gasteiger partial charge in [0.25, 0.3) is 0 Å². The maximum absolute atomic E-state index is 11.7. The maximum atomic E-state index is 11.7. The first-order chi connectivity index (χ1) is 16.0. The van der Waals surface area contributed by atoms with Gasteiger partial charge in [0.15, 0.2) is 8.32 Å². The largest absolute Gasteiger partial charge is 0.494 e. The Morgan fingerprint density at radius 2 is 1.79 bits per heavy atom. The molecule has 0 bridgehead atoms. The maximum Gasteiger partial charge on any atom is 0.331 e. The van der Waals surface area contributed by atoms with Gasteiger partial charge in [-0.3, -0.25) is 0 Å². The third-order valence-electron chi connectivity index (χ3n) is 7.43. The molecule has 2 rings (SSSR count). The number of unbranched alkanes of at least 4 members (excludes halogenated alkanes) is 3. The van der Waals surface area contributed by atoms with Crippen LogP contribution in [0.25, 0.3) is 0 Å². The van der Waals surface area contributed by atoms with Crippen LogP contribution in [0.2, 0.25) is 18.1 Å².